The number of carboxylic acids is 1. The van der Waals surface area contributed by atoms with Crippen molar-refractivity contribution in [3.05, 3.63) is 0 Å². The Morgan fingerprint density at radius 2 is 1.95 bits per heavy atom. The molecule has 1 fully saturated rings. The third kappa shape index (κ3) is 4.15. The van der Waals surface area contributed by atoms with E-state index in [1.165, 1.54) is 0 Å². The van der Waals surface area contributed by atoms with Crippen LogP contribution >= 0.6 is 0 Å². The summed E-state index contributed by atoms with van der Waals surface area (Å²) >= 11 is 0. The van der Waals surface area contributed by atoms with E-state index in [2.05, 4.69) is 10.6 Å². The maximum Gasteiger partial charge on any atom is 0.326 e. The molecule has 0 radical (unpaired) electrons. The summed E-state index contributed by atoms with van der Waals surface area (Å²) in [7, 11) is 0. The molecule has 7 heteroatoms. The Balaban J connectivity index is 2.65. The fourth-order valence-electron chi connectivity index (χ4n) is 2.09. The van der Waals surface area contributed by atoms with Gasteiger partial charge in [0.15, 0.2) is 0 Å². The third-order valence-corrected chi connectivity index (χ3v) is 3.48. The van der Waals surface area contributed by atoms with Crippen LogP contribution < -0.4 is 10.6 Å². The number of carbonyl (C=O) groups excluding carboxylic acids is 1. The summed E-state index contributed by atoms with van der Waals surface area (Å²) in [5.41, 5.74) is -0.759. The molecule has 1 rings (SSSR count). The van der Waals surface area contributed by atoms with Crippen molar-refractivity contribution in [3.63, 3.8) is 0 Å². The van der Waals surface area contributed by atoms with E-state index in [1.54, 1.807) is 13.8 Å². The Kier molecular flexibility index (Phi) is 5.71. The average molecular weight is 273 g/mol. The van der Waals surface area contributed by atoms with Gasteiger partial charge >= 0.3 is 5.97 Å². The van der Waals surface area contributed by atoms with Gasteiger partial charge in [-0.05, 0) is 13.8 Å². The van der Waals surface area contributed by atoms with Crippen LogP contribution in [0.2, 0.25) is 0 Å². The van der Waals surface area contributed by atoms with Gasteiger partial charge in [0.25, 0.3) is 0 Å². The quantitative estimate of drug-likeness (QED) is 0.476. The van der Waals surface area contributed by atoms with Gasteiger partial charge < -0.3 is 20.8 Å². The van der Waals surface area contributed by atoms with Crippen LogP contribution in [-0.4, -0.2) is 71.4 Å². The Morgan fingerprint density at radius 1 is 1.37 bits per heavy atom. The SMILES string of the molecule is CC(C)(C(=O)N[C@@H](CCO)C(=O)O)N1CCNCC1. The first-order chi connectivity index (χ1) is 8.89. The molecule has 1 aliphatic heterocycles. The summed E-state index contributed by atoms with van der Waals surface area (Å²) in [5.74, 6) is -1.45. The van der Waals surface area contributed by atoms with Crippen LogP contribution in [0.25, 0.3) is 0 Å². The first-order valence-corrected chi connectivity index (χ1v) is 6.50. The highest BCUT2D eigenvalue weighted by Crippen LogP contribution is 2.15. The van der Waals surface area contributed by atoms with E-state index in [9.17, 15) is 9.59 Å². The van der Waals surface area contributed by atoms with Crippen molar-refractivity contribution in [2.75, 3.05) is 32.8 Å². The van der Waals surface area contributed by atoms with Crippen molar-refractivity contribution in [2.45, 2.75) is 31.8 Å². The van der Waals surface area contributed by atoms with E-state index in [1.807, 2.05) is 4.90 Å². The smallest absolute Gasteiger partial charge is 0.326 e. The fourth-order valence-corrected chi connectivity index (χ4v) is 2.09. The van der Waals surface area contributed by atoms with E-state index in [-0.39, 0.29) is 18.9 Å². The van der Waals surface area contributed by atoms with Crippen molar-refractivity contribution in [3.8, 4) is 0 Å². The minimum Gasteiger partial charge on any atom is -0.480 e. The third-order valence-electron chi connectivity index (χ3n) is 3.48. The Hall–Kier alpha value is -1.18. The normalized spacial score (nSPS) is 18.9. The summed E-state index contributed by atoms with van der Waals surface area (Å²) in [5, 5.41) is 23.5. The topological polar surface area (TPSA) is 102 Å². The molecular weight excluding hydrogens is 250 g/mol. The maximum atomic E-state index is 12.2. The number of carboxylic acid groups (broad SMARTS) is 1. The second kappa shape index (κ2) is 6.83. The molecule has 1 aliphatic rings. The molecular formula is C12H23N3O4. The zero-order chi connectivity index (χ0) is 14.5. The zero-order valence-electron chi connectivity index (χ0n) is 11.5. The number of aliphatic hydroxyl groups excluding tert-OH is 1. The van der Waals surface area contributed by atoms with Gasteiger partial charge in [-0.3, -0.25) is 9.69 Å². The monoisotopic (exact) mass is 273 g/mol. The highest BCUT2D eigenvalue weighted by Gasteiger charge is 2.36. The number of nitrogens with one attached hydrogen (secondary N) is 2. The molecule has 0 spiro atoms. The first kappa shape index (κ1) is 15.9. The second-order valence-electron chi connectivity index (χ2n) is 5.17. The standard InChI is InChI=1S/C12H23N3O4/c1-12(2,15-6-4-13-5-7-15)11(19)14-9(3-8-16)10(17)18/h9,13,16H,3-8H2,1-2H3,(H,14,19)(H,17,18)/t9-/m0/s1. The number of aliphatic carboxylic acids is 1. The number of aliphatic hydroxyl groups is 1. The average Bonchev–Trinajstić information content (AvgIpc) is 2.38. The number of hydrogen-bond donors (Lipinski definition) is 4. The highest BCUT2D eigenvalue weighted by atomic mass is 16.4. The summed E-state index contributed by atoms with van der Waals surface area (Å²) in [6.45, 7) is 6.42. The largest absolute Gasteiger partial charge is 0.480 e. The lowest BCUT2D eigenvalue weighted by atomic mass is 9.99. The number of piperazine rings is 1. The molecule has 7 nitrogen and oxygen atoms in total. The Labute approximate surface area is 113 Å². The van der Waals surface area contributed by atoms with Gasteiger partial charge in [0.05, 0.1) is 5.54 Å². The number of hydrogen-bond acceptors (Lipinski definition) is 5. The predicted octanol–water partition coefficient (Wildman–Crippen LogP) is -1.38. The Bertz CT molecular complexity index is 327. The van der Waals surface area contributed by atoms with Gasteiger partial charge in [0, 0.05) is 39.2 Å². The van der Waals surface area contributed by atoms with Crippen LogP contribution in [-0.2, 0) is 9.59 Å². The van der Waals surface area contributed by atoms with E-state index in [0.29, 0.717) is 0 Å². The summed E-state index contributed by atoms with van der Waals surface area (Å²) in [6.07, 6.45) is 0.0126. The molecule has 4 N–H and O–H groups in total. The van der Waals surface area contributed by atoms with Crippen LogP contribution in [0.3, 0.4) is 0 Å². The highest BCUT2D eigenvalue weighted by molar-refractivity contribution is 5.89. The number of amides is 1. The lowest BCUT2D eigenvalue weighted by Crippen LogP contribution is -2.61. The molecule has 1 heterocycles. The molecule has 0 saturated carbocycles. The molecule has 1 saturated heterocycles. The molecule has 110 valence electrons. The van der Waals surface area contributed by atoms with E-state index < -0.39 is 17.6 Å². The van der Waals surface area contributed by atoms with Crippen molar-refractivity contribution < 1.29 is 19.8 Å². The molecule has 0 unspecified atom stereocenters. The van der Waals surface area contributed by atoms with Gasteiger partial charge in [0.1, 0.15) is 6.04 Å². The van der Waals surface area contributed by atoms with Crippen LogP contribution in [0.4, 0.5) is 0 Å². The minimum atomic E-state index is -1.13. The van der Waals surface area contributed by atoms with E-state index >= 15 is 0 Å². The van der Waals surface area contributed by atoms with Gasteiger partial charge in [-0.25, -0.2) is 4.79 Å². The van der Waals surface area contributed by atoms with Gasteiger partial charge in [-0.1, -0.05) is 0 Å². The second-order valence-corrected chi connectivity index (χ2v) is 5.17. The van der Waals surface area contributed by atoms with Crippen molar-refractivity contribution in [1.29, 1.82) is 0 Å². The predicted molar refractivity (Wildman–Crippen MR) is 69.8 cm³/mol. The first-order valence-electron chi connectivity index (χ1n) is 6.50. The van der Waals surface area contributed by atoms with Crippen LogP contribution in [0.5, 0.6) is 0 Å². The molecule has 1 atom stereocenters. The lowest BCUT2D eigenvalue weighted by molar-refractivity contribution is -0.144. The van der Waals surface area contributed by atoms with Crippen molar-refractivity contribution >= 4 is 11.9 Å². The number of carbonyl (C=O) groups is 2. The summed E-state index contributed by atoms with van der Waals surface area (Å²) < 4.78 is 0. The van der Waals surface area contributed by atoms with Gasteiger partial charge in [-0.15, -0.1) is 0 Å². The Morgan fingerprint density at radius 3 is 2.42 bits per heavy atom. The summed E-state index contributed by atoms with van der Waals surface area (Å²) in [4.78, 5) is 25.2. The van der Waals surface area contributed by atoms with Gasteiger partial charge in [-0.2, -0.15) is 0 Å². The van der Waals surface area contributed by atoms with Crippen molar-refractivity contribution in [2.24, 2.45) is 0 Å². The van der Waals surface area contributed by atoms with Gasteiger partial charge in [0.2, 0.25) is 5.91 Å². The molecule has 19 heavy (non-hydrogen) atoms. The van der Waals surface area contributed by atoms with Crippen LogP contribution in [0.1, 0.15) is 20.3 Å². The molecule has 0 aromatic heterocycles. The molecule has 0 bridgehead atoms. The minimum absolute atomic E-state index is 0.0126. The molecule has 0 aromatic carbocycles. The van der Waals surface area contributed by atoms with Crippen LogP contribution in [0, 0.1) is 0 Å². The lowest BCUT2D eigenvalue weighted by Gasteiger charge is -2.40. The van der Waals surface area contributed by atoms with E-state index in [0.717, 1.165) is 26.2 Å². The molecule has 0 aromatic rings. The van der Waals surface area contributed by atoms with Crippen LogP contribution in [0.15, 0.2) is 0 Å². The van der Waals surface area contributed by atoms with Crippen molar-refractivity contribution in [1.82, 2.24) is 15.5 Å². The number of nitrogens with zero attached hydrogens (tertiary/aromatic N) is 1. The van der Waals surface area contributed by atoms with E-state index in [4.69, 9.17) is 10.2 Å². The zero-order valence-corrected chi connectivity index (χ0v) is 11.5. The summed E-state index contributed by atoms with van der Waals surface area (Å²) in [6, 6.07) is -1.04. The molecule has 0 aliphatic carbocycles. The maximum absolute atomic E-state index is 12.2. The fraction of sp³-hybridized carbons (Fsp3) is 0.833. The number of rotatable bonds is 6. The molecule has 1 amide bonds.